The van der Waals surface area contributed by atoms with Crippen molar-refractivity contribution < 1.29 is 9.53 Å². The average Bonchev–Trinajstić information content (AvgIpc) is 2.14. The first kappa shape index (κ1) is 12.4. The fourth-order valence-electron chi connectivity index (χ4n) is 1.02. The Morgan fingerprint density at radius 3 is 2.62 bits per heavy atom. The lowest BCUT2D eigenvalue weighted by Crippen LogP contribution is -2.23. The van der Waals surface area contributed by atoms with Gasteiger partial charge in [0, 0.05) is 6.54 Å². The van der Waals surface area contributed by atoms with E-state index in [-0.39, 0.29) is 5.97 Å². The molecule has 0 aliphatic rings. The van der Waals surface area contributed by atoms with E-state index in [2.05, 4.69) is 9.64 Å². The minimum Gasteiger partial charge on any atom is -0.469 e. The molecule has 78 valence electrons. The van der Waals surface area contributed by atoms with Gasteiger partial charge in [0.05, 0.1) is 13.5 Å². The molecule has 0 aromatic carbocycles. The summed E-state index contributed by atoms with van der Waals surface area (Å²) < 4.78 is 4.54. The predicted molar refractivity (Wildman–Crippen MR) is 52.4 cm³/mol. The molecule has 0 bridgehead atoms. The van der Waals surface area contributed by atoms with Crippen molar-refractivity contribution in [3.63, 3.8) is 0 Å². The Hall–Kier alpha value is -0.610. The van der Waals surface area contributed by atoms with Crippen molar-refractivity contribution in [2.75, 3.05) is 33.8 Å². The van der Waals surface area contributed by atoms with Gasteiger partial charge in [-0.1, -0.05) is 0 Å². The van der Waals surface area contributed by atoms with E-state index in [0.717, 1.165) is 32.5 Å². The summed E-state index contributed by atoms with van der Waals surface area (Å²) in [5, 5.41) is 0. The van der Waals surface area contributed by atoms with Gasteiger partial charge in [0.15, 0.2) is 0 Å². The number of unbranched alkanes of at least 4 members (excludes halogenated alkanes) is 1. The summed E-state index contributed by atoms with van der Waals surface area (Å²) in [6, 6.07) is 0. The van der Waals surface area contributed by atoms with E-state index in [1.165, 1.54) is 7.11 Å². The number of ether oxygens (including phenoxy) is 1. The molecule has 4 heteroatoms. The first-order valence-corrected chi connectivity index (χ1v) is 4.66. The van der Waals surface area contributed by atoms with Crippen LogP contribution in [0.1, 0.15) is 19.3 Å². The first-order valence-electron chi connectivity index (χ1n) is 4.66. The number of nitrogens with two attached hydrogens (primary N) is 1. The third-order valence-corrected chi connectivity index (χ3v) is 1.92. The second-order valence-corrected chi connectivity index (χ2v) is 3.13. The number of hydrogen-bond donors (Lipinski definition) is 1. The molecule has 0 rings (SSSR count). The highest BCUT2D eigenvalue weighted by Gasteiger charge is 2.02. The zero-order valence-corrected chi connectivity index (χ0v) is 8.58. The Morgan fingerprint density at radius 2 is 2.08 bits per heavy atom. The van der Waals surface area contributed by atoms with Crippen LogP contribution in [0.4, 0.5) is 0 Å². The highest BCUT2D eigenvalue weighted by Crippen LogP contribution is 1.94. The molecule has 0 aliphatic heterocycles. The van der Waals surface area contributed by atoms with Crippen LogP contribution in [-0.4, -0.2) is 44.7 Å². The predicted octanol–water partition coefficient (Wildman–Crippen LogP) is 0.220. The Morgan fingerprint density at radius 1 is 1.38 bits per heavy atom. The average molecular weight is 188 g/mol. The van der Waals surface area contributed by atoms with Gasteiger partial charge in [0.1, 0.15) is 0 Å². The summed E-state index contributed by atoms with van der Waals surface area (Å²) in [5.41, 5.74) is 5.37. The largest absolute Gasteiger partial charge is 0.469 e. The molecule has 0 spiro atoms. The molecule has 0 fully saturated rings. The van der Waals surface area contributed by atoms with Gasteiger partial charge >= 0.3 is 5.97 Å². The van der Waals surface area contributed by atoms with Gasteiger partial charge in [-0.2, -0.15) is 0 Å². The number of carbonyl (C=O) groups is 1. The topological polar surface area (TPSA) is 55.6 Å². The number of hydrogen-bond acceptors (Lipinski definition) is 4. The summed E-state index contributed by atoms with van der Waals surface area (Å²) in [7, 11) is 3.41. The summed E-state index contributed by atoms with van der Waals surface area (Å²) in [4.78, 5) is 12.9. The molecule has 0 unspecified atom stereocenters. The molecule has 0 amide bonds. The quantitative estimate of drug-likeness (QED) is 0.458. The Kier molecular flexibility index (Phi) is 7.63. The number of esters is 1. The van der Waals surface area contributed by atoms with Crippen molar-refractivity contribution >= 4 is 5.97 Å². The minimum atomic E-state index is -0.148. The summed E-state index contributed by atoms with van der Waals surface area (Å²) in [6.07, 6.45) is 2.60. The van der Waals surface area contributed by atoms with E-state index in [1.807, 2.05) is 7.05 Å². The third-order valence-electron chi connectivity index (χ3n) is 1.92. The van der Waals surface area contributed by atoms with E-state index in [1.54, 1.807) is 0 Å². The molecule has 0 heterocycles. The Bertz CT molecular complexity index is 140. The Balaban J connectivity index is 3.29. The molecule has 0 atom stereocenters. The van der Waals surface area contributed by atoms with Crippen LogP contribution in [0.2, 0.25) is 0 Å². The number of nitrogens with zero attached hydrogens (tertiary/aromatic N) is 1. The molecular formula is C9H20N2O2. The Labute approximate surface area is 80.0 Å². The van der Waals surface area contributed by atoms with Crippen LogP contribution in [0.3, 0.4) is 0 Å². The highest BCUT2D eigenvalue weighted by atomic mass is 16.5. The number of rotatable bonds is 7. The molecule has 13 heavy (non-hydrogen) atoms. The lowest BCUT2D eigenvalue weighted by atomic mass is 10.3. The van der Waals surface area contributed by atoms with E-state index < -0.39 is 0 Å². The SMILES string of the molecule is COC(=O)CCN(C)CCCCN. The van der Waals surface area contributed by atoms with Gasteiger partial charge in [0.25, 0.3) is 0 Å². The zero-order valence-electron chi connectivity index (χ0n) is 8.58. The molecule has 0 saturated heterocycles. The van der Waals surface area contributed by atoms with Gasteiger partial charge in [-0.25, -0.2) is 0 Å². The van der Waals surface area contributed by atoms with Gasteiger partial charge in [-0.05, 0) is 33.0 Å². The van der Waals surface area contributed by atoms with Crippen LogP contribution >= 0.6 is 0 Å². The van der Waals surface area contributed by atoms with Crippen molar-refractivity contribution in [1.29, 1.82) is 0 Å². The van der Waals surface area contributed by atoms with Gasteiger partial charge < -0.3 is 15.4 Å². The third kappa shape index (κ3) is 7.74. The van der Waals surface area contributed by atoms with Crippen molar-refractivity contribution in [3.05, 3.63) is 0 Å². The van der Waals surface area contributed by atoms with Crippen LogP contribution in [-0.2, 0) is 9.53 Å². The lowest BCUT2D eigenvalue weighted by molar-refractivity contribution is -0.140. The van der Waals surface area contributed by atoms with E-state index in [9.17, 15) is 4.79 Å². The van der Waals surface area contributed by atoms with Gasteiger partial charge in [-0.3, -0.25) is 4.79 Å². The van der Waals surface area contributed by atoms with Crippen LogP contribution in [0.5, 0.6) is 0 Å². The van der Waals surface area contributed by atoms with Crippen molar-refractivity contribution in [2.24, 2.45) is 5.73 Å². The van der Waals surface area contributed by atoms with Crippen molar-refractivity contribution in [1.82, 2.24) is 4.90 Å². The van der Waals surface area contributed by atoms with Crippen molar-refractivity contribution in [2.45, 2.75) is 19.3 Å². The standard InChI is InChI=1S/C9H20N2O2/c1-11(7-4-3-6-10)8-5-9(12)13-2/h3-8,10H2,1-2H3. The van der Waals surface area contributed by atoms with Crippen molar-refractivity contribution in [3.8, 4) is 0 Å². The lowest BCUT2D eigenvalue weighted by Gasteiger charge is -2.14. The maximum atomic E-state index is 10.8. The van der Waals surface area contributed by atoms with Crippen LogP contribution < -0.4 is 5.73 Å². The number of carbonyl (C=O) groups excluding carboxylic acids is 1. The maximum Gasteiger partial charge on any atom is 0.306 e. The van der Waals surface area contributed by atoms with Gasteiger partial charge in [-0.15, -0.1) is 0 Å². The summed E-state index contributed by atoms with van der Waals surface area (Å²) in [6.45, 7) is 2.50. The smallest absolute Gasteiger partial charge is 0.306 e. The normalized spacial score (nSPS) is 10.5. The molecule has 4 nitrogen and oxygen atoms in total. The molecule has 0 aliphatic carbocycles. The monoisotopic (exact) mass is 188 g/mol. The van der Waals surface area contributed by atoms with Gasteiger partial charge in [0.2, 0.25) is 0 Å². The molecular weight excluding hydrogens is 168 g/mol. The summed E-state index contributed by atoms with van der Waals surface area (Å²) in [5.74, 6) is -0.148. The molecule has 0 aromatic heterocycles. The maximum absolute atomic E-state index is 10.8. The van der Waals surface area contributed by atoms with E-state index in [4.69, 9.17) is 5.73 Å². The van der Waals surface area contributed by atoms with Crippen LogP contribution in [0.25, 0.3) is 0 Å². The number of methoxy groups -OCH3 is 1. The van der Waals surface area contributed by atoms with E-state index in [0.29, 0.717) is 6.42 Å². The second-order valence-electron chi connectivity index (χ2n) is 3.13. The second kappa shape index (κ2) is 8.01. The molecule has 2 N–H and O–H groups in total. The van der Waals surface area contributed by atoms with Crippen LogP contribution in [0, 0.1) is 0 Å². The molecule has 0 radical (unpaired) electrons. The van der Waals surface area contributed by atoms with E-state index >= 15 is 0 Å². The molecule has 0 aromatic rings. The fourth-order valence-corrected chi connectivity index (χ4v) is 1.02. The first-order chi connectivity index (χ1) is 6.20. The highest BCUT2D eigenvalue weighted by molar-refractivity contribution is 5.69. The zero-order chi connectivity index (χ0) is 10.1. The molecule has 0 saturated carbocycles. The minimum absolute atomic E-state index is 0.148. The fraction of sp³-hybridized carbons (Fsp3) is 0.889. The summed E-state index contributed by atoms with van der Waals surface area (Å²) >= 11 is 0. The van der Waals surface area contributed by atoms with Crippen LogP contribution in [0.15, 0.2) is 0 Å².